The van der Waals surface area contributed by atoms with Crippen molar-refractivity contribution in [3.63, 3.8) is 0 Å². The Morgan fingerprint density at radius 1 is 1.23 bits per heavy atom. The predicted molar refractivity (Wildman–Crippen MR) is 132 cm³/mol. The lowest BCUT2D eigenvalue weighted by atomic mass is 9.79. The quantitative estimate of drug-likeness (QED) is 0.512. The molecule has 0 atom stereocenters. The molecule has 2 aliphatic heterocycles. The third-order valence-electron chi connectivity index (χ3n) is 7.01. The van der Waals surface area contributed by atoms with Gasteiger partial charge in [-0.15, -0.1) is 0 Å². The van der Waals surface area contributed by atoms with Crippen LogP contribution in [0.3, 0.4) is 0 Å². The minimum absolute atomic E-state index is 0.261. The van der Waals surface area contributed by atoms with Crippen molar-refractivity contribution in [1.29, 1.82) is 0 Å². The smallest absolute Gasteiger partial charge is 0.276 e. The molecule has 35 heavy (non-hydrogen) atoms. The van der Waals surface area contributed by atoms with Crippen LogP contribution in [0.15, 0.2) is 18.2 Å². The maximum absolute atomic E-state index is 13.2. The Hall–Kier alpha value is -3.24. The van der Waals surface area contributed by atoms with E-state index in [2.05, 4.69) is 22.2 Å². The number of hydrogen-bond acceptors (Lipinski definition) is 6. The van der Waals surface area contributed by atoms with Gasteiger partial charge in [0.05, 0.1) is 23.3 Å². The molecule has 0 aliphatic carbocycles. The topological polar surface area (TPSA) is 120 Å². The fourth-order valence-electron chi connectivity index (χ4n) is 5.44. The fraction of sp³-hybridized carbons (Fsp3) is 0.520. The zero-order valence-electron chi connectivity index (χ0n) is 20.6. The van der Waals surface area contributed by atoms with Gasteiger partial charge in [0.25, 0.3) is 5.91 Å². The Bertz CT molecular complexity index is 1280. The maximum Gasteiger partial charge on any atom is 0.276 e. The highest BCUT2D eigenvalue weighted by molar-refractivity contribution is 6.04. The summed E-state index contributed by atoms with van der Waals surface area (Å²) in [5, 5.41) is 7.37. The summed E-state index contributed by atoms with van der Waals surface area (Å²) in [5.74, 6) is -0.293. The molecule has 0 radical (unpaired) electrons. The second-order valence-electron chi connectivity index (χ2n) is 9.84. The summed E-state index contributed by atoms with van der Waals surface area (Å²) in [6.07, 6.45) is 1.96. The summed E-state index contributed by atoms with van der Waals surface area (Å²) in [5.41, 5.74) is 10.2. The average Bonchev–Trinajstić information content (AvgIpc) is 3.51. The summed E-state index contributed by atoms with van der Waals surface area (Å²) in [4.78, 5) is 32.4. The first-order valence-electron chi connectivity index (χ1n) is 12.3. The van der Waals surface area contributed by atoms with Gasteiger partial charge in [0, 0.05) is 50.3 Å². The average molecular weight is 480 g/mol. The van der Waals surface area contributed by atoms with E-state index in [1.165, 1.54) is 0 Å². The van der Waals surface area contributed by atoms with Crippen LogP contribution in [0.5, 0.6) is 0 Å². The van der Waals surface area contributed by atoms with Gasteiger partial charge in [-0.3, -0.25) is 24.5 Å². The van der Waals surface area contributed by atoms with Gasteiger partial charge < -0.3 is 15.0 Å². The van der Waals surface area contributed by atoms with E-state index in [0.29, 0.717) is 42.4 Å². The standard InChI is InChI=1S/C25H33N7O3/c1-4-7-31-21-18(12-30-13-25(14-30)6-8-35-15-25)10-17(22(26)33)11-19(21)27-24(31)28-23(34)20-9-16(3)29-32(20)5-2/h9-11H,4-8,12-15H2,1-3H3,(H2,26,33)(H,27,28,34). The van der Waals surface area contributed by atoms with Crippen LogP contribution in [0, 0.1) is 12.3 Å². The van der Waals surface area contributed by atoms with Crippen LogP contribution < -0.4 is 11.1 Å². The summed E-state index contributed by atoms with van der Waals surface area (Å²) >= 11 is 0. The zero-order valence-corrected chi connectivity index (χ0v) is 20.6. The van der Waals surface area contributed by atoms with Crippen molar-refractivity contribution in [3.05, 3.63) is 40.7 Å². The number of anilines is 1. The van der Waals surface area contributed by atoms with E-state index >= 15 is 0 Å². The zero-order chi connectivity index (χ0) is 24.7. The highest BCUT2D eigenvalue weighted by Gasteiger charge is 2.45. The second kappa shape index (κ2) is 9.09. The van der Waals surface area contributed by atoms with E-state index in [1.807, 2.05) is 24.5 Å². The van der Waals surface area contributed by atoms with Gasteiger partial charge in [-0.25, -0.2) is 4.98 Å². The number of amides is 2. The number of aryl methyl sites for hydroxylation is 3. The molecular formula is C25H33N7O3. The summed E-state index contributed by atoms with van der Waals surface area (Å²) < 4.78 is 9.34. The normalized spacial score (nSPS) is 17.2. The molecule has 2 fully saturated rings. The van der Waals surface area contributed by atoms with Gasteiger partial charge in [0.1, 0.15) is 5.69 Å². The van der Waals surface area contributed by atoms with E-state index in [4.69, 9.17) is 15.5 Å². The third-order valence-corrected chi connectivity index (χ3v) is 7.01. The van der Waals surface area contributed by atoms with E-state index in [1.54, 1.807) is 16.8 Å². The SMILES string of the molecule is CCCn1c(NC(=O)c2cc(C)nn2CC)nc2cc(C(N)=O)cc(CN3CC4(CCOC4)C3)c21. The lowest BCUT2D eigenvalue weighted by Gasteiger charge is -2.47. The number of imidazole rings is 1. The Morgan fingerprint density at radius 3 is 2.69 bits per heavy atom. The molecule has 3 aromatic rings. The van der Waals surface area contributed by atoms with Gasteiger partial charge in [-0.1, -0.05) is 6.92 Å². The van der Waals surface area contributed by atoms with Crippen molar-refractivity contribution in [2.75, 3.05) is 31.6 Å². The van der Waals surface area contributed by atoms with Crippen molar-refractivity contribution < 1.29 is 14.3 Å². The van der Waals surface area contributed by atoms with Crippen LogP contribution in [-0.2, 0) is 24.4 Å². The van der Waals surface area contributed by atoms with Crippen LogP contribution >= 0.6 is 0 Å². The van der Waals surface area contributed by atoms with Gasteiger partial charge in [0.15, 0.2) is 0 Å². The molecular weight excluding hydrogens is 446 g/mol. The molecule has 1 aromatic carbocycles. The fourth-order valence-corrected chi connectivity index (χ4v) is 5.44. The molecule has 10 nitrogen and oxygen atoms in total. The largest absolute Gasteiger partial charge is 0.381 e. The number of primary amides is 1. The number of nitrogens with zero attached hydrogens (tertiary/aromatic N) is 5. The van der Waals surface area contributed by atoms with E-state index in [0.717, 1.165) is 55.9 Å². The molecule has 2 aliphatic rings. The number of likely N-dealkylation sites (tertiary alicyclic amines) is 1. The summed E-state index contributed by atoms with van der Waals surface area (Å²) in [6, 6.07) is 5.36. The number of benzene rings is 1. The first-order valence-corrected chi connectivity index (χ1v) is 12.3. The summed E-state index contributed by atoms with van der Waals surface area (Å²) in [7, 11) is 0. The molecule has 2 amide bonds. The number of ether oxygens (including phenoxy) is 1. The molecule has 0 saturated carbocycles. The number of nitrogens with two attached hydrogens (primary N) is 1. The Morgan fingerprint density at radius 2 is 2.03 bits per heavy atom. The van der Waals surface area contributed by atoms with Gasteiger partial charge in [-0.05, 0) is 50.5 Å². The lowest BCUT2D eigenvalue weighted by Crippen LogP contribution is -2.56. The van der Waals surface area contributed by atoms with Crippen molar-refractivity contribution in [3.8, 4) is 0 Å². The number of carbonyl (C=O) groups excluding carboxylic acids is 2. The molecule has 4 heterocycles. The highest BCUT2D eigenvalue weighted by atomic mass is 16.5. The molecule has 10 heteroatoms. The first kappa shape index (κ1) is 23.5. The molecule has 0 unspecified atom stereocenters. The van der Waals surface area contributed by atoms with Crippen molar-refractivity contribution in [2.45, 2.75) is 53.2 Å². The Kier molecular flexibility index (Phi) is 6.10. The molecule has 1 spiro atoms. The number of hydrogen-bond donors (Lipinski definition) is 2. The molecule has 0 bridgehead atoms. The molecule has 2 aromatic heterocycles. The number of fused-ring (bicyclic) bond motifs is 1. The third kappa shape index (κ3) is 4.32. The number of nitrogens with one attached hydrogen (secondary N) is 1. The van der Waals surface area contributed by atoms with Crippen LogP contribution in [0.4, 0.5) is 5.95 Å². The number of aromatic nitrogens is 4. The Labute approximate surface area is 204 Å². The van der Waals surface area contributed by atoms with E-state index in [-0.39, 0.29) is 11.3 Å². The maximum atomic E-state index is 13.2. The van der Waals surface area contributed by atoms with Crippen LogP contribution in [0.25, 0.3) is 11.0 Å². The molecule has 186 valence electrons. The van der Waals surface area contributed by atoms with Crippen molar-refractivity contribution in [2.24, 2.45) is 11.1 Å². The number of carbonyl (C=O) groups is 2. The number of rotatable bonds is 8. The van der Waals surface area contributed by atoms with Gasteiger partial charge in [-0.2, -0.15) is 5.10 Å². The van der Waals surface area contributed by atoms with Crippen LogP contribution in [0.2, 0.25) is 0 Å². The van der Waals surface area contributed by atoms with Gasteiger partial charge >= 0.3 is 0 Å². The first-order chi connectivity index (χ1) is 16.8. The minimum Gasteiger partial charge on any atom is -0.381 e. The van der Waals surface area contributed by atoms with Crippen LogP contribution in [-0.4, -0.2) is 62.3 Å². The summed E-state index contributed by atoms with van der Waals surface area (Å²) in [6.45, 7) is 11.5. The van der Waals surface area contributed by atoms with E-state index in [9.17, 15) is 9.59 Å². The molecule has 5 rings (SSSR count). The predicted octanol–water partition coefficient (Wildman–Crippen LogP) is 2.54. The van der Waals surface area contributed by atoms with Crippen molar-refractivity contribution in [1.82, 2.24) is 24.2 Å². The highest BCUT2D eigenvalue weighted by Crippen LogP contribution is 2.39. The molecule has 2 saturated heterocycles. The van der Waals surface area contributed by atoms with Crippen LogP contribution in [0.1, 0.15) is 58.8 Å². The van der Waals surface area contributed by atoms with E-state index < -0.39 is 5.91 Å². The van der Waals surface area contributed by atoms with Gasteiger partial charge in [0.2, 0.25) is 11.9 Å². The second-order valence-corrected chi connectivity index (χ2v) is 9.84. The van der Waals surface area contributed by atoms with Crippen molar-refractivity contribution >= 4 is 28.8 Å². The Balaban J connectivity index is 1.51. The minimum atomic E-state index is -0.490. The molecule has 3 N–H and O–H groups in total. The lowest BCUT2D eigenvalue weighted by molar-refractivity contribution is -0.0121. The monoisotopic (exact) mass is 479 g/mol.